The van der Waals surface area contributed by atoms with Gasteiger partial charge in [-0.2, -0.15) is 0 Å². The molecular weight excluding hydrogens is 285 g/mol. The molecule has 0 aliphatic heterocycles. The smallest absolute Gasteiger partial charge is 0.0396 e. The fraction of sp³-hybridized carbons (Fsp3) is 0.429. The van der Waals surface area contributed by atoms with Crippen LogP contribution in [0.2, 0.25) is 0 Å². The summed E-state index contributed by atoms with van der Waals surface area (Å²) in [5.74, 6) is 0.716. The maximum Gasteiger partial charge on any atom is 0.0396 e. The van der Waals surface area contributed by atoms with Crippen LogP contribution in [-0.4, -0.2) is 12.3 Å². The van der Waals surface area contributed by atoms with Crippen LogP contribution in [0.4, 0.5) is 0 Å². The van der Waals surface area contributed by atoms with Gasteiger partial charge in [-0.3, -0.25) is 0 Å². The Morgan fingerprint density at radius 2 is 2.06 bits per heavy atom. The number of rotatable bonds is 7. The van der Waals surface area contributed by atoms with Gasteiger partial charge in [-0.05, 0) is 37.6 Å². The largest absolute Gasteiger partial charge is 0.310 e. The molecule has 0 radical (unpaired) electrons. The van der Waals surface area contributed by atoms with Gasteiger partial charge in [0.05, 0.1) is 0 Å². The Kier molecular flexibility index (Phi) is 7.84. The first-order valence-corrected chi connectivity index (χ1v) is 7.88. The van der Waals surface area contributed by atoms with Crippen LogP contribution in [0.3, 0.4) is 0 Å². The highest BCUT2D eigenvalue weighted by molar-refractivity contribution is 7.99. The second-order valence-electron chi connectivity index (χ2n) is 4.09. The normalized spacial score (nSPS) is 13.7. The van der Waals surface area contributed by atoms with E-state index in [1.54, 1.807) is 11.8 Å². The lowest BCUT2D eigenvalue weighted by Crippen LogP contribution is -2.19. The van der Waals surface area contributed by atoms with Crippen LogP contribution in [0.5, 0.6) is 0 Å². The molecule has 0 saturated heterocycles. The second kappa shape index (κ2) is 8.87. The Morgan fingerprint density at radius 3 is 2.61 bits per heavy atom. The number of nitrogens with one attached hydrogen (secondary N) is 1. The summed E-state index contributed by atoms with van der Waals surface area (Å²) in [6.07, 6.45) is 1.15. The van der Waals surface area contributed by atoms with E-state index in [0.717, 1.165) is 13.0 Å². The van der Waals surface area contributed by atoms with Crippen molar-refractivity contribution in [2.24, 2.45) is 0 Å². The molecule has 0 aromatic heterocycles. The van der Waals surface area contributed by atoms with Crippen molar-refractivity contribution in [3.05, 3.63) is 40.4 Å². The summed E-state index contributed by atoms with van der Waals surface area (Å²) in [5.41, 5.74) is 2.73. The topological polar surface area (TPSA) is 12.0 Å². The Balaban J connectivity index is 2.51. The summed E-state index contributed by atoms with van der Waals surface area (Å²) >= 11 is 13.1. The number of thioether (sulfide) groups is 1. The highest BCUT2D eigenvalue weighted by Crippen LogP contribution is 2.24. The Morgan fingerprint density at radius 1 is 1.39 bits per heavy atom. The third-order valence-corrected chi connectivity index (χ3v) is 4.41. The van der Waals surface area contributed by atoms with Crippen molar-refractivity contribution < 1.29 is 0 Å². The molecule has 1 N–H and O–H groups in total. The van der Waals surface area contributed by atoms with E-state index in [9.17, 15) is 0 Å². The summed E-state index contributed by atoms with van der Waals surface area (Å²) in [4.78, 5) is 1.21. The van der Waals surface area contributed by atoms with Crippen LogP contribution in [0.1, 0.15) is 31.9 Å². The monoisotopic (exact) mass is 303 g/mol. The van der Waals surface area contributed by atoms with Gasteiger partial charge in [-0.1, -0.05) is 42.3 Å². The average Bonchev–Trinajstić information content (AvgIpc) is 2.42. The zero-order valence-corrected chi connectivity index (χ0v) is 13.1. The van der Waals surface area contributed by atoms with Crippen molar-refractivity contribution in [1.82, 2.24) is 5.32 Å². The van der Waals surface area contributed by atoms with Gasteiger partial charge in [0.15, 0.2) is 0 Å². The highest BCUT2D eigenvalue weighted by atomic mass is 35.5. The van der Waals surface area contributed by atoms with Gasteiger partial charge in [-0.15, -0.1) is 11.8 Å². The fourth-order valence-electron chi connectivity index (χ4n) is 1.52. The van der Waals surface area contributed by atoms with Gasteiger partial charge in [0.25, 0.3) is 0 Å². The fourth-order valence-corrected chi connectivity index (χ4v) is 2.56. The van der Waals surface area contributed by atoms with Gasteiger partial charge < -0.3 is 5.32 Å². The lowest BCUT2D eigenvalue weighted by molar-refractivity contribution is 0.570. The summed E-state index contributed by atoms with van der Waals surface area (Å²) in [6.45, 7) is 5.41. The van der Waals surface area contributed by atoms with Gasteiger partial charge in [0.2, 0.25) is 0 Å². The lowest BCUT2D eigenvalue weighted by atomic mass is 10.1. The molecule has 0 aliphatic carbocycles. The molecule has 0 aliphatic rings. The minimum atomic E-state index is 0.398. The summed E-state index contributed by atoms with van der Waals surface area (Å²) in [5, 5.41) is 4.14. The molecule has 0 saturated carbocycles. The third-order valence-electron chi connectivity index (χ3n) is 2.58. The van der Waals surface area contributed by atoms with E-state index >= 15 is 0 Å². The van der Waals surface area contributed by atoms with Crippen LogP contribution in [0, 0.1) is 0 Å². The van der Waals surface area contributed by atoms with E-state index in [4.69, 9.17) is 23.2 Å². The van der Waals surface area contributed by atoms with E-state index < -0.39 is 0 Å². The Hall–Kier alpha value is -0.150. The Labute approximate surface area is 124 Å². The minimum absolute atomic E-state index is 0.398. The SMILES string of the molecule is CCCNC(C)c1ccc(SCC(Cl)=CCl)cc1. The predicted octanol–water partition coefficient (Wildman–Crippen LogP) is 5.16. The molecule has 0 amide bonds. The zero-order chi connectivity index (χ0) is 13.4. The summed E-state index contributed by atoms with van der Waals surface area (Å²) < 4.78 is 0. The molecule has 0 bridgehead atoms. The first kappa shape index (κ1) is 15.9. The van der Waals surface area contributed by atoms with Crippen LogP contribution in [0.15, 0.2) is 39.7 Å². The van der Waals surface area contributed by atoms with Crippen molar-refractivity contribution >= 4 is 35.0 Å². The van der Waals surface area contributed by atoms with Crippen molar-refractivity contribution in [3.8, 4) is 0 Å². The molecule has 1 aromatic rings. The summed E-state index contributed by atoms with van der Waals surface area (Å²) in [6, 6.07) is 8.97. The molecule has 1 nitrogen and oxygen atoms in total. The van der Waals surface area contributed by atoms with E-state index in [1.165, 1.54) is 16.0 Å². The molecule has 100 valence electrons. The zero-order valence-electron chi connectivity index (χ0n) is 10.7. The van der Waals surface area contributed by atoms with Crippen LogP contribution in [0.25, 0.3) is 0 Å². The first-order valence-electron chi connectivity index (χ1n) is 6.08. The van der Waals surface area contributed by atoms with Gasteiger partial charge >= 0.3 is 0 Å². The molecule has 1 aromatic carbocycles. The standard InChI is InChI=1S/C14H19Cl2NS/c1-3-8-17-11(2)12-4-6-14(7-5-12)18-10-13(16)9-15/h4-7,9,11,17H,3,8,10H2,1-2H3. The highest BCUT2D eigenvalue weighted by Gasteiger charge is 2.04. The number of hydrogen-bond donors (Lipinski definition) is 1. The number of benzene rings is 1. The van der Waals surface area contributed by atoms with E-state index in [2.05, 4.69) is 43.4 Å². The molecule has 1 unspecified atom stereocenters. The van der Waals surface area contributed by atoms with E-state index in [1.807, 2.05) is 0 Å². The minimum Gasteiger partial charge on any atom is -0.310 e. The van der Waals surface area contributed by atoms with Crippen LogP contribution in [-0.2, 0) is 0 Å². The van der Waals surface area contributed by atoms with Crippen molar-refractivity contribution in [2.75, 3.05) is 12.3 Å². The maximum atomic E-state index is 5.85. The maximum absolute atomic E-state index is 5.85. The van der Waals surface area contributed by atoms with Gasteiger partial charge in [0, 0.05) is 27.3 Å². The van der Waals surface area contributed by atoms with E-state index in [-0.39, 0.29) is 0 Å². The predicted molar refractivity (Wildman–Crippen MR) is 83.7 cm³/mol. The second-order valence-corrected chi connectivity index (χ2v) is 5.84. The van der Waals surface area contributed by atoms with Crippen molar-refractivity contribution in [1.29, 1.82) is 0 Å². The van der Waals surface area contributed by atoms with Gasteiger partial charge in [0.1, 0.15) is 0 Å². The van der Waals surface area contributed by atoms with Gasteiger partial charge in [-0.25, -0.2) is 0 Å². The molecule has 1 rings (SSSR count). The molecule has 18 heavy (non-hydrogen) atoms. The number of halogens is 2. The summed E-state index contributed by atoms with van der Waals surface area (Å²) in [7, 11) is 0. The molecule has 1 atom stereocenters. The molecule has 0 fully saturated rings. The quantitative estimate of drug-likeness (QED) is 0.698. The lowest BCUT2D eigenvalue weighted by Gasteiger charge is -2.13. The average molecular weight is 304 g/mol. The number of hydrogen-bond acceptors (Lipinski definition) is 2. The first-order chi connectivity index (χ1) is 8.67. The molecule has 4 heteroatoms. The van der Waals surface area contributed by atoms with Crippen molar-refractivity contribution in [2.45, 2.75) is 31.2 Å². The third kappa shape index (κ3) is 5.66. The van der Waals surface area contributed by atoms with Crippen molar-refractivity contribution in [3.63, 3.8) is 0 Å². The Bertz CT molecular complexity index is 376. The van der Waals surface area contributed by atoms with E-state index in [0.29, 0.717) is 16.8 Å². The molecule has 0 heterocycles. The molecular formula is C14H19Cl2NS. The molecule has 0 spiro atoms. The van der Waals surface area contributed by atoms with Crippen LogP contribution < -0.4 is 5.32 Å². The van der Waals surface area contributed by atoms with Crippen LogP contribution >= 0.6 is 35.0 Å².